The minimum absolute atomic E-state index is 0.366. The minimum atomic E-state index is -0.366. The first-order valence-corrected chi connectivity index (χ1v) is 10.1. The highest BCUT2D eigenvalue weighted by molar-refractivity contribution is 7.98. The van der Waals surface area contributed by atoms with Gasteiger partial charge in [0, 0.05) is 22.8 Å². The van der Waals surface area contributed by atoms with Gasteiger partial charge in [0.25, 0.3) is 5.22 Å². The average molecular weight is 400 g/mol. The molecule has 0 spiro atoms. The van der Waals surface area contributed by atoms with Crippen LogP contribution in [0.4, 0.5) is 0 Å². The Labute approximate surface area is 170 Å². The van der Waals surface area contributed by atoms with Crippen LogP contribution in [0.1, 0.15) is 11.1 Å². The molecule has 0 N–H and O–H groups in total. The number of thioether (sulfide) groups is 1. The number of fused-ring (bicyclic) bond motifs is 3. The monoisotopic (exact) mass is 400 g/mol. The molecule has 0 fully saturated rings. The van der Waals surface area contributed by atoms with Crippen molar-refractivity contribution >= 4 is 33.5 Å². The third-order valence-electron chi connectivity index (χ3n) is 4.77. The molecule has 5 nitrogen and oxygen atoms in total. The fourth-order valence-electron chi connectivity index (χ4n) is 3.35. The highest BCUT2D eigenvalue weighted by atomic mass is 32.2. The number of hydrogen-bond acceptors (Lipinski definition) is 6. The van der Waals surface area contributed by atoms with E-state index in [1.807, 2.05) is 67.6 Å². The van der Waals surface area contributed by atoms with Gasteiger partial charge < -0.3 is 8.83 Å². The molecule has 0 aliphatic rings. The Morgan fingerprint density at radius 1 is 0.931 bits per heavy atom. The zero-order valence-electron chi connectivity index (χ0n) is 15.6. The lowest BCUT2D eigenvalue weighted by molar-refractivity contribution is 0.466. The van der Waals surface area contributed by atoms with Crippen LogP contribution in [0.25, 0.3) is 33.2 Å². The maximum absolute atomic E-state index is 12.0. The standard InChI is InChI=1S/C23H16N2O3S/c1-14-6-8-16(9-7-14)22-24-25-23(28-22)29-13-17-12-20(26)27-19-11-10-15-4-2-3-5-18(15)21(17)19/h2-12H,13H2,1H3. The molecule has 3 aromatic carbocycles. The summed E-state index contributed by atoms with van der Waals surface area (Å²) in [4.78, 5) is 12.0. The van der Waals surface area contributed by atoms with Gasteiger partial charge in [0.05, 0.1) is 0 Å². The molecular weight excluding hydrogens is 384 g/mol. The molecule has 29 heavy (non-hydrogen) atoms. The largest absolute Gasteiger partial charge is 0.423 e. The number of benzene rings is 3. The van der Waals surface area contributed by atoms with Gasteiger partial charge in [0.15, 0.2) is 0 Å². The molecular formula is C23H16N2O3S. The fraction of sp³-hybridized carbons (Fsp3) is 0.0870. The summed E-state index contributed by atoms with van der Waals surface area (Å²) < 4.78 is 11.2. The summed E-state index contributed by atoms with van der Waals surface area (Å²) in [5, 5.41) is 11.8. The number of rotatable bonds is 4. The Balaban J connectivity index is 1.49. The van der Waals surface area contributed by atoms with E-state index in [1.54, 1.807) is 6.07 Å². The van der Waals surface area contributed by atoms with Crippen LogP contribution in [-0.2, 0) is 5.75 Å². The van der Waals surface area contributed by atoms with E-state index in [-0.39, 0.29) is 5.63 Å². The Morgan fingerprint density at radius 3 is 2.62 bits per heavy atom. The van der Waals surface area contributed by atoms with Crippen LogP contribution < -0.4 is 5.63 Å². The lowest BCUT2D eigenvalue weighted by Gasteiger charge is -2.07. The molecule has 0 amide bonds. The third-order valence-corrected chi connectivity index (χ3v) is 5.64. The third kappa shape index (κ3) is 3.43. The zero-order valence-corrected chi connectivity index (χ0v) is 16.4. The predicted octanol–water partition coefficient (Wildman–Crippen LogP) is 5.60. The first kappa shape index (κ1) is 17.7. The fourth-order valence-corrected chi connectivity index (χ4v) is 4.10. The van der Waals surface area contributed by atoms with Crippen molar-refractivity contribution in [3.8, 4) is 11.5 Å². The maximum atomic E-state index is 12.0. The first-order chi connectivity index (χ1) is 14.2. The SMILES string of the molecule is Cc1ccc(-c2nnc(SCc3cc(=O)oc4ccc5ccccc5c34)o2)cc1. The zero-order chi connectivity index (χ0) is 19.8. The van der Waals surface area contributed by atoms with Crippen molar-refractivity contribution in [1.82, 2.24) is 10.2 Å². The lowest BCUT2D eigenvalue weighted by atomic mass is 10.0. The first-order valence-electron chi connectivity index (χ1n) is 9.15. The Hall–Kier alpha value is -3.38. The Kier molecular flexibility index (Phi) is 4.41. The summed E-state index contributed by atoms with van der Waals surface area (Å²) in [6.45, 7) is 2.03. The van der Waals surface area contributed by atoms with E-state index in [9.17, 15) is 4.79 Å². The van der Waals surface area contributed by atoms with E-state index in [2.05, 4.69) is 10.2 Å². The summed E-state index contributed by atoms with van der Waals surface area (Å²) in [5.41, 5.74) is 3.15. The van der Waals surface area contributed by atoms with Gasteiger partial charge >= 0.3 is 5.63 Å². The number of aromatic nitrogens is 2. The van der Waals surface area contributed by atoms with Crippen LogP contribution in [0.2, 0.25) is 0 Å². The van der Waals surface area contributed by atoms with Gasteiger partial charge in [0.2, 0.25) is 5.89 Å². The van der Waals surface area contributed by atoms with Gasteiger partial charge in [-0.1, -0.05) is 59.8 Å². The van der Waals surface area contributed by atoms with Crippen LogP contribution in [-0.4, -0.2) is 10.2 Å². The Morgan fingerprint density at radius 2 is 1.76 bits per heavy atom. The van der Waals surface area contributed by atoms with Gasteiger partial charge in [-0.3, -0.25) is 0 Å². The molecule has 5 aromatic rings. The second-order valence-corrected chi connectivity index (χ2v) is 7.70. The molecule has 142 valence electrons. The molecule has 0 radical (unpaired) electrons. The van der Waals surface area contributed by atoms with Crippen molar-refractivity contribution in [2.45, 2.75) is 17.9 Å². The van der Waals surface area contributed by atoms with E-state index in [0.29, 0.717) is 22.4 Å². The van der Waals surface area contributed by atoms with Crippen LogP contribution in [0.15, 0.2) is 85.6 Å². The van der Waals surface area contributed by atoms with Gasteiger partial charge in [-0.05, 0) is 41.5 Å². The molecule has 6 heteroatoms. The minimum Gasteiger partial charge on any atom is -0.423 e. The smallest absolute Gasteiger partial charge is 0.336 e. The van der Waals surface area contributed by atoms with Crippen LogP contribution >= 0.6 is 11.8 Å². The molecule has 0 unspecified atom stereocenters. The van der Waals surface area contributed by atoms with Crippen LogP contribution in [0.5, 0.6) is 0 Å². The summed E-state index contributed by atoms with van der Waals surface area (Å²) in [6, 6.07) is 21.3. The summed E-state index contributed by atoms with van der Waals surface area (Å²) in [7, 11) is 0. The van der Waals surface area contributed by atoms with Crippen molar-refractivity contribution in [1.29, 1.82) is 0 Å². The number of hydrogen-bond donors (Lipinski definition) is 0. The molecule has 0 aliphatic heterocycles. The molecule has 0 aliphatic carbocycles. The summed E-state index contributed by atoms with van der Waals surface area (Å²) in [6.07, 6.45) is 0. The Bertz CT molecular complexity index is 1390. The molecule has 0 atom stereocenters. The van der Waals surface area contributed by atoms with Gasteiger partial charge in [0.1, 0.15) is 5.58 Å². The predicted molar refractivity (Wildman–Crippen MR) is 114 cm³/mol. The van der Waals surface area contributed by atoms with Crippen molar-refractivity contribution < 1.29 is 8.83 Å². The van der Waals surface area contributed by atoms with Gasteiger partial charge in [-0.25, -0.2) is 4.79 Å². The second kappa shape index (κ2) is 7.22. The molecule has 2 heterocycles. The highest BCUT2D eigenvalue weighted by Gasteiger charge is 2.13. The van der Waals surface area contributed by atoms with E-state index in [4.69, 9.17) is 8.83 Å². The molecule has 0 saturated heterocycles. The van der Waals surface area contributed by atoms with Crippen molar-refractivity contribution in [3.63, 3.8) is 0 Å². The van der Waals surface area contributed by atoms with E-state index in [1.165, 1.54) is 17.3 Å². The summed E-state index contributed by atoms with van der Waals surface area (Å²) >= 11 is 1.40. The van der Waals surface area contributed by atoms with Gasteiger partial charge in [-0.15, -0.1) is 10.2 Å². The average Bonchev–Trinajstić information content (AvgIpc) is 3.21. The summed E-state index contributed by atoms with van der Waals surface area (Å²) in [5.74, 6) is 1.00. The van der Waals surface area contributed by atoms with Crippen molar-refractivity contribution in [3.05, 3.63) is 88.3 Å². The molecule has 5 rings (SSSR count). The topological polar surface area (TPSA) is 69.1 Å². The maximum Gasteiger partial charge on any atom is 0.336 e. The van der Waals surface area contributed by atoms with Crippen LogP contribution in [0, 0.1) is 6.92 Å². The number of nitrogens with zero attached hydrogens (tertiary/aromatic N) is 2. The van der Waals surface area contributed by atoms with Crippen LogP contribution in [0.3, 0.4) is 0 Å². The number of aryl methyl sites for hydroxylation is 1. The highest BCUT2D eigenvalue weighted by Crippen LogP contribution is 2.32. The molecule has 2 aromatic heterocycles. The van der Waals surface area contributed by atoms with E-state index >= 15 is 0 Å². The second-order valence-electron chi connectivity index (χ2n) is 6.78. The van der Waals surface area contributed by atoms with Crippen molar-refractivity contribution in [2.24, 2.45) is 0 Å². The van der Waals surface area contributed by atoms with Crippen molar-refractivity contribution in [2.75, 3.05) is 0 Å². The molecule has 0 bridgehead atoms. The van der Waals surface area contributed by atoms with E-state index in [0.717, 1.165) is 27.3 Å². The quantitative estimate of drug-likeness (QED) is 0.222. The van der Waals surface area contributed by atoms with E-state index < -0.39 is 0 Å². The lowest BCUT2D eigenvalue weighted by Crippen LogP contribution is -2.00. The normalized spacial score (nSPS) is 11.3. The molecule has 0 saturated carbocycles. The van der Waals surface area contributed by atoms with Gasteiger partial charge in [-0.2, -0.15) is 0 Å².